The number of ketones is 1. The lowest BCUT2D eigenvalue weighted by atomic mass is 10.1. The zero-order chi connectivity index (χ0) is 22.6. The summed E-state index contributed by atoms with van der Waals surface area (Å²) in [5.41, 5.74) is 1.53. The van der Waals surface area contributed by atoms with Gasteiger partial charge in [-0.15, -0.1) is 11.3 Å². The van der Waals surface area contributed by atoms with Crippen molar-refractivity contribution in [3.8, 4) is 0 Å². The van der Waals surface area contributed by atoms with Crippen molar-refractivity contribution in [1.82, 2.24) is 4.31 Å². The van der Waals surface area contributed by atoms with Gasteiger partial charge in [-0.1, -0.05) is 12.1 Å². The van der Waals surface area contributed by atoms with Gasteiger partial charge in [0.1, 0.15) is 5.00 Å². The van der Waals surface area contributed by atoms with Crippen LogP contribution in [-0.2, 0) is 19.5 Å². The number of carbonyl (C=O) groups excluding carboxylic acids is 2. The van der Waals surface area contributed by atoms with Gasteiger partial charge in [-0.2, -0.15) is 4.31 Å². The number of Topliss-reactive ketones (excluding diaryl/α,β-unsaturated/α-hetero) is 1. The molecule has 0 aliphatic carbocycles. The number of rotatable bonds is 8. The van der Waals surface area contributed by atoms with Gasteiger partial charge in [-0.3, -0.25) is 4.79 Å². The molecule has 168 valence electrons. The number of thiophene rings is 1. The summed E-state index contributed by atoms with van der Waals surface area (Å²) in [5, 5.41) is 3.59. The van der Waals surface area contributed by atoms with Gasteiger partial charge >= 0.3 is 5.97 Å². The van der Waals surface area contributed by atoms with E-state index in [4.69, 9.17) is 9.47 Å². The topological polar surface area (TPSA) is 102 Å². The van der Waals surface area contributed by atoms with Crippen LogP contribution < -0.4 is 5.32 Å². The van der Waals surface area contributed by atoms with Gasteiger partial charge in [0.15, 0.2) is 5.78 Å². The maximum Gasteiger partial charge on any atom is 0.341 e. The summed E-state index contributed by atoms with van der Waals surface area (Å²) in [6, 6.07) is 6.02. The summed E-state index contributed by atoms with van der Waals surface area (Å²) in [5.74, 6) is -0.713. The second-order valence-corrected chi connectivity index (χ2v) is 10.2. The second-order valence-electron chi connectivity index (χ2n) is 7.03. The molecule has 0 amide bonds. The van der Waals surface area contributed by atoms with Crippen molar-refractivity contribution in [2.75, 3.05) is 44.8 Å². The van der Waals surface area contributed by atoms with Gasteiger partial charge in [0.2, 0.25) is 10.0 Å². The molecule has 0 atom stereocenters. The van der Waals surface area contributed by atoms with Gasteiger partial charge in [-0.05, 0) is 38.5 Å². The largest absolute Gasteiger partial charge is 0.462 e. The van der Waals surface area contributed by atoms with Crippen LogP contribution >= 0.6 is 11.3 Å². The fourth-order valence-electron chi connectivity index (χ4n) is 3.23. The maximum atomic E-state index is 12.9. The standard InChI is InChI=1S/C21H26N2O6S2/c1-4-29-21(25)19-14(2)15(3)30-20(19)22-13-18(24)16-6-5-7-17(12-16)31(26,27)23-8-10-28-11-9-23/h5-7,12,22H,4,8-11,13H2,1-3H3. The van der Waals surface area contributed by atoms with Crippen LogP contribution in [0, 0.1) is 13.8 Å². The molecule has 8 nitrogen and oxygen atoms in total. The number of ether oxygens (including phenoxy) is 2. The minimum atomic E-state index is -3.69. The van der Waals surface area contributed by atoms with E-state index in [1.165, 1.54) is 27.8 Å². The third kappa shape index (κ3) is 5.15. The van der Waals surface area contributed by atoms with Crippen LogP contribution in [0.1, 0.15) is 38.1 Å². The smallest absolute Gasteiger partial charge is 0.341 e. The summed E-state index contributed by atoms with van der Waals surface area (Å²) < 4.78 is 37.4. The average molecular weight is 467 g/mol. The van der Waals surface area contributed by atoms with Gasteiger partial charge in [0.25, 0.3) is 0 Å². The quantitative estimate of drug-likeness (QED) is 0.471. The third-order valence-electron chi connectivity index (χ3n) is 5.04. The summed E-state index contributed by atoms with van der Waals surface area (Å²) in [7, 11) is -3.69. The fourth-order valence-corrected chi connectivity index (χ4v) is 5.73. The van der Waals surface area contributed by atoms with E-state index in [-0.39, 0.29) is 42.5 Å². The van der Waals surface area contributed by atoms with E-state index in [0.717, 1.165) is 10.4 Å². The van der Waals surface area contributed by atoms with E-state index >= 15 is 0 Å². The van der Waals surface area contributed by atoms with Crippen molar-refractivity contribution in [2.24, 2.45) is 0 Å². The van der Waals surface area contributed by atoms with Crippen LogP contribution in [0.25, 0.3) is 0 Å². The Labute approximate surface area is 186 Å². The Bertz CT molecular complexity index is 1070. The number of aryl methyl sites for hydroxylation is 1. The van der Waals surface area contributed by atoms with Crippen molar-refractivity contribution in [3.63, 3.8) is 0 Å². The summed E-state index contributed by atoms with van der Waals surface area (Å²) in [4.78, 5) is 26.1. The number of benzene rings is 1. The Morgan fingerprint density at radius 2 is 1.94 bits per heavy atom. The van der Waals surface area contributed by atoms with Crippen LogP contribution in [0.15, 0.2) is 29.2 Å². The molecule has 0 saturated carbocycles. The van der Waals surface area contributed by atoms with Crippen LogP contribution in [0.5, 0.6) is 0 Å². The van der Waals surface area contributed by atoms with E-state index in [1.54, 1.807) is 19.1 Å². The lowest BCUT2D eigenvalue weighted by molar-refractivity contribution is 0.0527. The van der Waals surface area contributed by atoms with Crippen molar-refractivity contribution in [3.05, 3.63) is 45.8 Å². The number of hydrogen-bond acceptors (Lipinski definition) is 8. The van der Waals surface area contributed by atoms with Crippen LogP contribution in [-0.4, -0.2) is 63.9 Å². The molecule has 1 fully saturated rings. The van der Waals surface area contributed by atoms with Gasteiger partial charge in [-0.25, -0.2) is 13.2 Å². The zero-order valence-corrected chi connectivity index (χ0v) is 19.4. The van der Waals surface area contributed by atoms with E-state index in [2.05, 4.69) is 5.32 Å². The number of anilines is 1. The first kappa shape index (κ1) is 23.4. The van der Waals surface area contributed by atoms with Crippen molar-refractivity contribution in [2.45, 2.75) is 25.7 Å². The first-order valence-electron chi connectivity index (χ1n) is 9.97. The average Bonchev–Trinajstić information content (AvgIpc) is 3.06. The van der Waals surface area contributed by atoms with E-state index in [1.807, 2.05) is 13.8 Å². The van der Waals surface area contributed by atoms with Crippen LogP contribution in [0.3, 0.4) is 0 Å². The number of carbonyl (C=O) groups is 2. The van der Waals surface area contributed by atoms with Gasteiger partial charge in [0.05, 0.1) is 36.8 Å². The molecule has 1 aromatic carbocycles. The molecule has 1 aliphatic rings. The lowest BCUT2D eigenvalue weighted by Gasteiger charge is -2.26. The molecule has 1 N–H and O–H groups in total. The molecule has 3 rings (SSSR count). The molecule has 2 aromatic rings. The highest BCUT2D eigenvalue weighted by atomic mass is 32.2. The minimum absolute atomic E-state index is 0.0765. The highest BCUT2D eigenvalue weighted by Gasteiger charge is 2.27. The van der Waals surface area contributed by atoms with E-state index in [9.17, 15) is 18.0 Å². The molecule has 1 aromatic heterocycles. The van der Waals surface area contributed by atoms with Crippen LogP contribution in [0.2, 0.25) is 0 Å². The molecule has 0 bridgehead atoms. The fraction of sp³-hybridized carbons (Fsp3) is 0.429. The molecular formula is C21H26N2O6S2. The molecule has 10 heteroatoms. The Kier molecular flexibility index (Phi) is 7.47. The highest BCUT2D eigenvalue weighted by Crippen LogP contribution is 2.33. The molecule has 0 radical (unpaired) electrons. The van der Waals surface area contributed by atoms with Gasteiger partial charge in [0, 0.05) is 23.5 Å². The molecule has 1 saturated heterocycles. The minimum Gasteiger partial charge on any atom is -0.462 e. The summed E-state index contributed by atoms with van der Waals surface area (Å²) in [6.45, 7) is 6.94. The molecule has 0 spiro atoms. The maximum absolute atomic E-state index is 12.9. The number of hydrogen-bond donors (Lipinski definition) is 1. The number of nitrogens with one attached hydrogen (secondary N) is 1. The lowest BCUT2D eigenvalue weighted by Crippen LogP contribution is -2.40. The number of nitrogens with zero attached hydrogens (tertiary/aromatic N) is 1. The third-order valence-corrected chi connectivity index (χ3v) is 8.10. The van der Waals surface area contributed by atoms with Crippen molar-refractivity contribution >= 4 is 38.1 Å². The van der Waals surface area contributed by atoms with Crippen molar-refractivity contribution in [1.29, 1.82) is 0 Å². The van der Waals surface area contributed by atoms with E-state index < -0.39 is 16.0 Å². The highest BCUT2D eigenvalue weighted by molar-refractivity contribution is 7.89. The summed E-state index contributed by atoms with van der Waals surface area (Å²) >= 11 is 1.38. The van der Waals surface area contributed by atoms with Crippen LogP contribution in [0.4, 0.5) is 5.00 Å². The Hall–Kier alpha value is -2.27. The molecule has 1 aliphatic heterocycles. The predicted octanol–water partition coefficient (Wildman–Crippen LogP) is 2.86. The Morgan fingerprint density at radius 1 is 1.23 bits per heavy atom. The number of esters is 1. The first-order chi connectivity index (χ1) is 14.8. The van der Waals surface area contributed by atoms with Crippen molar-refractivity contribution < 1.29 is 27.5 Å². The monoisotopic (exact) mass is 466 g/mol. The Balaban J connectivity index is 1.76. The summed E-state index contributed by atoms with van der Waals surface area (Å²) in [6.07, 6.45) is 0. The Morgan fingerprint density at radius 3 is 2.61 bits per heavy atom. The second kappa shape index (κ2) is 9.90. The molecule has 31 heavy (non-hydrogen) atoms. The normalized spacial score (nSPS) is 14.9. The number of sulfonamides is 1. The zero-order valence-electron chi connectivity index (χ0n) is 17.8. The first-order valence-corrected chi connectivity index (χ1v) is 12.2. The number of morpholine rings is 1. The molecule has 2 heterocycles. The molecule has 0 unspecified atom stereocenters. The SMILES string of the molecule is CCOC(=O)c1c(NCC(=O)c2cccc(S(=O)(=O)N3CCOCC3)c2)sc(C)c1C. The van der Waals surface area contributed by atoms with Gasteiger partial charge < -0.3 is 14.8 Å². The van der Waals surface area contributed by atoms with E-state index in [0.29, 0.717) is 23.8 Å². The molecular weight excluding hydrogens is 440 g/mol. The predicted molar refractivity (Wildman–Crippen MR) is 119 cm³/mol.